The van der Waals surface area contributed by atoms with E-state index in [1.807, 2.05) is 13.8 Å². The Balaban J connectivity index is 1.71. The van der Waals surface area contributed by atoms with E-state index in [-0.39, 0.29) is 11.7 Å². The summed E-state index contributed by atoms with van der Waals surface area (Å²) in [6, 6.07) is 6.65. The summed E-state index contributed by atoms with van der Waals surface area (Å²) in [5.41, 5.74) is 1.78. The van der Waals surface area contributed by atoms with Crippen LogP contribution in [0.4, 0.5) is 5.82 Å². The van der Waals surface area contributed by atoms with E-state index in [1.54, 1.807) is 24.3 Å². The molecule has 0 aliphatic rings. The first-order chi connectivity index (χ1) is 11.0. The van der Waals surface area contributed by atoms with Gasteiger partial charge in [-0.2, -0.15) is 0 Å². The van der Waals surface area contributed by atoms with Gasteiger partial charge in [0.2, 0.25) is 0 Å². The number of aryl methyl sites for hydroxylation is 2. The summed E-state index contributed by atoms with van der Waals surface area (Å²) >= 11 is 5.76. The Morgan fingerprint density at radius 2 is 2.09 bits per heavy atom. The fourth-order valence-corrected chi connectivity index (χ4v) is 2.26. The first-order valence-corrected chi connectivity index (χ1v) is 7.34. The average molecular weight is 332 g/mol. The van der Waals surface area contributed by atoms with Crippen LogP contribution in [0.1, 0.15) is 33.3 Å². The number of pyridine rings is 1. The van der Waals surface area contributed by atoms with Crippen molar-refractivity contribution < 1.29 is 13.7 Å². The van der Waals surface area contributed by atoms with Gasteiger partial charge in [-0.1, -0.05) is 16.8 Å². The molecule has 3 aromatic rings. The van der Waals surface area contributed by atoms with Gasteiger partial charge in [-0.3, -0.25) is 4.79 Å². The predicted molar refractivity (Wildman–Crippen MR) is 84.7 cm³/mol. The summed E-state index contributed by atoms with van der Waals surface area (Å²) in [4.78, 5) is 16.1. The van der Waals surface area contributed by atoms with E-state index < -0.39 is 0 Å². The highest BCUT2D eigenvalue weighted by Gasteiger charge is 2.15. The van der Waals surface area contributed by atoms with Gasteiger partial charge in [-0.05, 0) is 38.1 Å². The quantitative estimate of drug-likeness (QED) is 0.786. The van der Waals surface area contributed by atoms with Gasteiger partial charge in [0.05, 0.1) is 10.7 Å². The molecule has 0 aromatic carbocycles. The lowest BCUT2D eigenvalue weighted by Crippen LogP contribution is -2.11. The van der Waals surface area contributed by atoms with Crippen molar-refractivity contribution in [3.8, 4) is 0 Å². The van der Waals surface area contributed by atoms with Gasteiger partial charge in [-0.15, -0.1) is 0 Å². The van der Waals surface area contributed by atoms with E-state index in [4.69, 9.17) is 20.5 Å². The molecule has 7 heteroatoms. The molecule has 0 fully saturated rings. The molecule has 0 atom stereocenters. The number of carbonyl (C=O) groups excluding carboxylic acids is 1. The largest absolute Gasteiger partial charge is 0.456 e. The molecule has 0 spiro atoms. The van der Waals surface area contributed by atoms with Crippen LogP contribution in [-0.4, -0.2) is 16.0 Å². The Morgan fingerprint density at radius 3 is 2.74 bits per heavy atom. The van der Waals surface area contributed by atoms with Crippen molar-refractivity contribution in [2.45, 2.75) is 20.3 Å². The van der Waals surface area contributed by atoms with E-state index in [0.29, 0.717) is 23.0 Å². The summed E-state index contributed by atoms with van der Waals surface area (Å²) in [5.74, 6) is 1.65. The molecule has 23 heavy (non-hydrogen) atoms. The van der Waals surface area contributed by atoms with Crippen LogP contribution in [0.25, 0.3) is 0 Å². The summed E-state index contributed by atoms with van der Waals surface area (Å²) in [6.45, 7) is 3.71. The molecule has 0 aliphatic carbocycles. The molecule has 3 rings (SSSR count). The minimum atomic E-state index is -0.371. The van der Waals surface area contributed by atoms with Gasteiger partial charge in [-0.25, -0.2) is 4.98 Å². The molecule has 3 heterocycles. The van der Waals surface area contributed by atoms with Crippen molar-refractivity contribution in [2.75, 3.05) is 5.32 Å². The third-order valence-electron chi connectivity index (χ3n) is 3.39. The van der Waals surface area contributed by atoms with Crippen LogP contribution in [0.5, 0.6) is 0 Å². The molecule has 0 saturated carbocycles. The average Bonchev–Trinajstić information content (AvgIpc) is 3.12. The molecular formula is C16H14ClN3O3. The molecule has 3 aromatic heterocycles. The summed E-state index contributed by atoms with van der Waals surface area (Å²) in [5, 5.41) is 7.05. The molecule has 0 unspecified atom stereocenters. The van der Waals surface area contributed by atoms with Crippen molar-refractivity contribution in [1.82, 2.24) is 10.1 Å². The van der Waals surface area contributed by atoms with Crippen LogP contribution in [0.3, 0.4) is 0 Å². The monoisotopic (exact) mass is 331 g/mol. The number of nitrogens with zero attached hydrogens (tertiary/aromatic N) is 2. The number of halogens is 1. The van der Waals surface area contributed by atoms with E-state index in [2.05, 4.69) is 15.5 Å². The number of anilines is 1. The van der Waals surface area contributed by atoms with Crippen LogP contribution >= 0.6 is 11.6 Å². The first kappa shape index (κ1) is 15.3. The van der Waals surface area contributed by atoms with Crippen LogP contribution < -0.4 is 5.32 Å². The fourth-order valence-electron chi connectivity index (χ4n) is 2.15. The standard InChI is InChI=1S/C16H14ClN3O3/c1-9-13(10(2)23-20-9)7-12-4-5-14(22-12)16(21)19-15-6-3-11(17)8-18-15/h3-6,8H,7H2,1-2H3,(H,18,19,21). The number of nitrogens with one attached hydrogen (secondary N) is 1. The number of hydrogen-bond donors (Lipinski definition) is 1. The summed E-state index contributed by atoms with van der Waals surface area (Å²) in [7, 11) is 0. The highest BCUT2D eigenvalue weighted by atomic mass is 35.5. The first-order valence-electron chi connectivity index (χ1n) is 6.96. The highest BCUT2D eigenvalue weighted by molar-refractivity contribution is 6.30. The smallest absolute Gasteiger partial charge is 0.292 e. The molecule has 6 nitrogen and oxygen atoms in total. The van der Waals surface area contributed by atoms with Crippen molar-refractivity contribution in [3.63, 3.8) is 0 Å². The van der Waals surface area contributed by atoms with Crippen LogP contribution in [0, 0.1) is 13.8 Å². The van der Waals surface area contributed by atoms with Crippen molar-refractivity contribution in [3.05, 3.63) is 64.0 Å². The van der Waals surface area contributed by atoms with E-state index in [1.165, 1.54) is 6.20 Å². The second kappa shape index (κ2) is 6.26. The third kappa shape index (κ3) is 3.43. The van der Waals surface area contributed by atoms with E-state index >= 15 is 0 Å². The molecule has 0 aliphatic heterocycles. The minimum Gasteiger partial charge on any atom is -0.456 e. The zero-order chi connectivity index (χ0) is 16.4. The maximum atomic E-state index is 12.1. The van der Waals surface area contributed by atoms with Crippen LogP contribution in [-0.2, 0) is 6.42 Å². The Bertz CT molecular complexity index is 817. The molecule has 0 bridgehead atoms. The molecule has 1 N–H and O–H groups in total. The van der Waals surface area contributed by atoms with Gasteiger partial charge in [0.15, 0.2) is 5.76 Å². The van der Waals surface area contributed by atoms with E-state index in [0.717, 1.165) is 17.0 Å². The van der Waals surface area contributed by atoms with Crippen molar-refractivity contribution in [1.29, 1.82) is 0 Å². The van der Waals surface area contributed by atoms with Crippen LogP contribution in [0.2, 0.25) is 5.02 Å². The number of aromatic nitrogens is 2. The molecule has 0 radical (unpaired) electrons. The summed E-state index contributed by atoms with van der Waals surface area (Å²) in [6.07, 6.45) is 1.98. The Kier molecular flexibility index (Phi) is 4.16. The van der Waals surface area contributed by atoms with E-state index in [9.17, 15) is 4.79 Å². The molecular weight excluding hydrogens is 318 g/mol. The maximum absolute atomic E-state index is 12.1. The van der Waals surface area contributed by atoms with Crippen LogP contribution in [0.15, 0.2) is 39.4 Å². The number of amides is 1. The third-order valence-corrected chi connectivity index (χ3v) is 3.61. The highest BCUT2D eigenvalue weighted by Crippen LogP contribution is 2.19. The second-order valence-electron chi connectivity index (χ2n) is 5.06. The van der Waals surface area contributed by atoms with Gasteiger partial charge < -0.3 is 14.3 Å². The SMILES string of the molecule is Cc1noc(C)c1Cc1ccc(C(=O)Nc2ccc(Cl)cn2)o1. The van der Waals surface area contributed by atoms with Crippen molar-refractivity contribution >= 4 is 23.3 Å². The number of furan rings is 1. The van der Waals surface area contributed by atoms with Crippen molar-refractivity contribution in [2.24, 2.45) is 0 Å². The maximum Gasteiger partial charge on any atom is 0.292 e. The zero-order valence-corrected chi connectivity index (χ0v) is 13.3. The topological polar surface area (TPSA) is 81.2 Å². The minimum absolute atomic E-state index is 0.212. The molecule has 0 saturated heterocycles. The van der Waals surface area contributed by atoms with Gasteiger partial charge >= 0.3 is 0 Å². The lowest BCUT2D eigenvalue weighted by atomic mass is 10.1. The Labute approximate surface area is 137 Å². The predicted octanol–water partition coefficient (Wildman–Crippen LogP) is 3.78. The number of rotatable bonds is 4. The normalized spacial score (nSPS) is 10.7. The summed E-state index contributed by atoms with van der Waals surface area (Å²) < 4.78 is 10.7. The fraction of sp³-hybridized carbons (Fsp3) is 0.188. The second-order valence-corrected chi connectivity index (χ2v) is 5.50. The molecule has 1 amide bonds. The molecule has 118 valence electrons. The lowest BCUT2D eigenvalue weighted by molar-refractivity contribution is 0.0994. The lowest BCUT2D eigenvalue weighted by Gasteiger charge is -2.02. The number of hydrogen-bond acceptors (Lipinski definition) is 5. The van der Waals surface area contributed by atoms with Gasteiger partial charge in [0.25, 0.3) is 5.91 Å². The Morgan fingerprint density at radius 1 is 1.26 bits per heavy atom. The Hall–Kier alpha value is -2.60. The zero-order valence-electron chi connectivity index (χ0n) is 12.6. The van der Waals surface area contributed by atoms with Gasteiger partial charge in [0, 0.05) is 18.2 Å². The van der Waals surface area contributed by atoms with Gasteiger partial charge in [0.1, 0.15) is 17.3 Å². The number of carbonyl (C=O) groups is 1.